The summed E-state index contributed by atoms with van der Waals surface area (Å²) >= 11 is 0. The number of rotatable bonds is 3. The summed E-state index contributed by atoms with van der Waals surface area (Å²) in [5.74, 6) is 1.62. The van der Waals surface area contributed by atoms with Crippen molar-refractivity contribution in [2.75, 3.05) is 27.2 Å². The van der Waals surface area contributed by atoms with Crippen molar-refractivity contribution in [3.63, 3.8) is 0 Å². The summed E-state index contributed by atoms with van der Waals surface area (Å²) in [5, 5.41) is 0. The van der Waals surface area contributed by atoms with Crippen molar-refractivity contribution in [2.45, 2.75) is 38.6 Å². The van der Waals surface area contributed by atoms with Crippen molar-refractivity contribution in [1.29, 1.82) is 0 Å². The first-order valence-electron chi connectivity index (χ1n) is 9.19. The molecule has 0 bridgehead atoms. The predicted molar refractivity (Wildman–Crippen MR) is 96.2 cm³/mol. The van der Waals surface area contributed by atoms with Gasteiger partial charge in [0.25, 0.3) is 0 Å². The van der Waals surface area contributed by atoms with E-state index < -0.39 is 0 Å². The van der Waals surface area contributed by atoms with Crippen LogP contribution in [0.3, 0.4) is 0 Å². The molecular formula is C20H28N2O3. The summed E-state index contributed by atoms with van der Waals surface area (Å²) in [6.45, 7) is 3.92. The molecule has 2 atom stereocenters. The van der Waals surface area contributed by atoms with Crippen molar-refractivity contribution in [2.24, 2.45) is 11.8 Å². The smallest absolute Gasteiger partial charge is 0.228 e. The lowest BCUT2D eigenvalue weighted by Gasteiger charge is -2.41. The van der Waals surface area contributed by atoms with Gasteiger partial charge in [-0.05, 0) is 42.9 Å². The van der Waals surface area contributed by atoms with Gasteiger partial charge in [0.15, 0.2) is 0 Å². The van der Waals surface area contributed by atoms with Gasteiger partial charge in [-0.1, -0.05) is 19.1 Å². The SMILES string of the molecule is COc1ccc([C@@H]2[C@H](C(=O)N3CCC(C)CC3)CCC(=O)N2C)cc1. The van der Waals surface area contributed by atoms with Crippen molar-refractivity contribution in [3.05, 3.63) is 29.8 Å². The summed E-state index contributed by atoms with van der Waals surface area (Å²) in [6, 6.07) is 7.53. The number of piperidine rings is 2. The van der Waals surface area contributed by atoms with E-state index in [2.05, 4.69) is 6.92 Å². The molecule has 0 radical (unpaired) electrons. The van der Waals surface area contributed by atoms with Gasteiger partial charge >= 0.3 is 0 Å². The van der Waals surface area contributed by atoms with Crippen LogP contribution in [0.4, 0.5) is 0 Å². The highest BCUT2D eigenvalue weighted by atomic mass is 16.5. The fraction of sp³-hybridized carbons (Fsp3) is 0.600. The van der Waals surface area contributed by atoms with E-state index in [1.54, 1.807) is 12.0 Å². The van der Waals surface area contributed by atoms with Crippen molar-refractivity contribution < 1.29 is 14.3 Å². The highest BCUT2D eigenvalue weighted by Gasteiger charge is 2.40. The topological polar surface area (TPSA) is 49.9 Å². The van der Waals surface area contributed by atoms with Crippen molar-refractivity contribution in [3.8, 4) is 5.75 Å². The maximum Gasteiger partial charge on any atom is 0.228 e. The van der Waals surface area contributed by atoms with Crippen LogP contribution in [-0.2, 0) is 9.59 Å². The van der Waals surface area contributed by atoms with E-state index in [-0.39, 0.29) is 23.8 Å². The third-order valence-corrected chi connectivity index (χ3v) is 5.73. The van der Waals surface area contributed by atoms with Crippen LogP contribution in [0.5, 0.6) is 5.75 Å². The Labute approximate surface area is 149 Å². The second-order valence-electron chi connectivity index (χ2n) is 7.38. The number of amides is 2. The number of carbonyl (C=O) groups is 2. The fourth-order valence-electron chi connectivity index (χ4n) is 4.02. The van der Waals surface area contributed by atoms with E-state index >= 15 is 0 Å². The molecule has 3 rings (SSSR count). The minimum Gasteiger partial charge on any atom is -0.497 e. The lowest BCUT2D eigenvalue weighted by atomic mass is 9.83. The van der Waals surface area contributed by atoms with E-state index in [0.717, 1.165) is 37.2 Å². The fourth-order valence-corrected chi connectivity index (χ4v) is 4.02. The third-order valence-electron chi connectivity index (χ3n) is 5.73. The van der Waals surface area contributed by atoms with E-state index in [9.17, 15) is 9.59 Å². The van der Waals surface area contributed by atoms with Gasteiger partial charge in [-0.2, -0.15) is 0 Å². The normalized spacial score (nSPS) is 25.2. The molecule has 2 aliphatic heterocycles. The van der Waals surface area contributed by atoms with Gasteiger partial charge in [-0.25, -0.2) is 0 Å². The number of methoxy groups -OCH3 is 1. The van der Waals surface area contributed by atoms with Crippen LogP contribution >= 0.6 is 0 Å². The Bertz CT molecular complexity index is 620. The summed E-state index contributed by atoms with van der Waals surface area (Å²) in [4.78, 5) is 29.2. The van der Waals surface area contributed by atoms with Gasteiger partial charge in [0, 0.05) is 26.6 Å². The number of hydrogen-bond acceptors (Lipinski definition) is 3. The van der Waals surface area contributed by atoms with E-state index in [1.165, 1.54) is 0 Å². The molecule has 0 aromatic heterocycles. The number of ether oxygens (including phenoxy) is 1. The Hall–Kier alpha value is -2.04. The van der Waals surface area contributed by atoms with Crippen LogP contribution in [0.2, 0.25) is 0 Å². The average molecular weight is 344 g/mol. The summed E-state index contributed by atoms with van der Waals surface area (Å²) < 4.78 is 5.23. The van der Waals surface area contributed by atoms with Crippen molar-refractivity contribution in [1.82, 2.24) is 9.80 Å². The van der Waals surface area contributed by atoms with Gasteiger partial charge in [0.05, 0.1) is 19.1 Å². The largest absolute Gasteiger partial charge is 0.497 e. The maximum absolute atomic E-state index is 13.2. The maximum atomic E-state index is 13.2. The van der Waals surface area contributed by atoms with Gasteiger partial charge in [0.2, 0.25) is 11.8 Å². The Balaban J connectivity index is 1.84. The molecule has 2 aliphatic rings. The standard InChI is InChI=1S/C20H28N2O3/c1-14-10-12-22(13-11-14)20(24)17-8-9-18(23)21(2)19(17)15-4-6-16(25-3)7-5-15/h4-7,14,17,19H,8-13H2,1-3H3/t17-,19-/m1/s1. The molecule has 0 aliphatic carbocycles. The molecule has 136 valence electrons. The summed E-state index contributed by atoms with van der Waals surface area (Å²) in [5.41, 5.74) is 1.00. The molecule has 0 N–H and O–H groups in total. The first-order chi connectivity index (χ1) is 12.0. The predicted octanol–water partition coefficient (Wildman–Crippen LogP) is 2.86. The van der Waals surface area contributed by atoms with E-state index in [1.807, 2.05) is 36.2 Å². The summed E-state index contributed by atoms with van der Waals surface area (Å²) in [6.07, 6.45) is 3.22. The molecule has 0 saturated carbocycles. The quantitative estimate of drug-likeness (QED) is 0.847. The number of carbonyl (C=O) groups excluding carboxylic acids is 2. The molecule has 1 aromatic rings. The second-order valence-corrected chi connectivity index (χ2v) is 7.38. The molecule has 2 fully saturated rings. The molecule has 2 heterocycles. The van der Waals surface area contributed by atoms with Crippen molar-refractivity contribution >= 4 is 11.8 Å². The highest BCUT2D eigenvalue weighted by Crippen LogP contribution is 2.38. The number of hydrogen-bond donors (Lipinski definition) is 0. The minimum atomic E-state index is -0.195. The Morgan fingerprint density at radius 1 is 1.12 bits per heavy atom. The molecule has 2 amide bonds. The zero-order valence-electron chi connectivity index (χ0n) is 15.4. The molecule has 0 spiro atoms. The number of likely N-dealkylation sites (tertiary alicyclic amines) is 2. The Morgan fingerprint density at radius 3 is 2.36 bits per heavy atom. The van der Waals surface area contributed by atoms with Gasteiger partial charge in [-0.3, -0.25) is 9.59 Å². The molecule has 1 aromatic carbocycles. The molecule has 5 nitrogen and oxygen atoms in total. The minimum absolute atomic E-state index is 0.108. The average Bonchev–Trinajstić information content (AvgIpc) is 2.64. The Kier molecular flexibility index (Phi) is 5.30. The molecular weight excluding hydrogens is 316 g/mol. The lowest BCUT2D eigenvalue weighted by Crippen LogP contribution is -2.49. The molecule has 25 heavy (non-hydrogen) atoms. The van der Waals surface area contributed by atoms with E-state index in [4.69, 9.17) is 4.74 Å². The van der Waals surface area contributed by atoms with Gasteiger partial charge in [0.1, 0.15) is 5.75 Å². The monoisotopic (exact) mass is 344 g/mol. The zero-order valence-corrected chi connectivity index (χ0v) is 15.4. The molecule has 0 unspecified atom stereocenters. The Morgan fingerprint density at radius 2 is 1.76 bits per heavy atom. The summed E-state index contributed by atoms with van der Waals surface area (Å²) in [7, 11) is 3.45. The third kappa shape index (κ3) is 3.65. The van der Waals surface area contributed by atoms with Gasteiger partial charge < -0.3 is 14.5 Å². The van der Waals surface area contributed by atoms with Gasteiger partial charge in [-0.15, -0.1) is 0 Å². The van der Waals surface area contributed by atoms with Crippen LogP contribution in [0.15, 0.2) is 24.3 Å². The van der Waals surface area contributed by atoms with Crippen LogP contribution < -0.4 is 4.74 Å². The lowest BCUT2D eigenvalue weighted by molar-refractivity contribution is -0.147. The van der Waals surface area contributed by atoms with Crippen LogP contribution in [0.1, 0.15) is 44.2 Å². The first kappa shape index (κ1) is 17.8. The first-order valence-corrected chi connectivity index (χ1v) is 9.19. The molecule has 2 saturated heterocycles. The second kappa shape index (κ2) is 7.46. The van der Waals surface area contributed by atoms with Crippen LogP contribution in [0.25, 0.3) is 0 Å². The zero-order chi connectivity index (χ0) is 18.0. The number of benzene rings is 1. The van der Waals surface area contributed by atoms with Crippen LogP contribution in [0, 0.1) is 11.8 Å². The highest BCUT2D eigenvalue weighted by molar-refractivity contribution is 5.85. The van der Waals surface area contributed by atoms with Crippen LogP contribution in [-0.4, -0.2) is 48.9 Å². The molecule has 5 heteroatoms. The number of nitrogens with zero attached hydrogens (tertiary/aromatic N) is 2. The van der Waals surface area contributed by atoms with E-state index in [0.29, 0.717) is 18.8 Å².